The highest BCUT2D eigenvalue weighted by Gasteiger charge is 2.33. The van der Waals surface area contributed by atoms with Crippen molar-refractivity contribution < 1.29 is 13.2 Å². The molecule has 1 aliphatic heterocycles. The maximum Gasteiger partial charge on any atom is 0.416 e. The molecule has 9 heteroatoms. The molecule has 0 radical (unpaired) electrons. The molecule has 1 aliphatic rings. The van der Waals surface area contributed by atoms with Crippen molar-refractivity contribution in [2.24, 2.45) is 0 Å². The maximum atomic E-state index is 12.9. The van der Waals surface area contributed by atoms with Crippen LogP contribution in [0.3, 0.4) is 0 Å². The minimum atomic E-state index is -4.47. The number of nitrogens with zero attached hydrogens (tertiary/aromatic N) is 6. The molecule has 0 saturated carbocycles. The number of hydrogen-bond acceptors (Lipinski definition) is 6. The van der Waals surface area contributed by atoms with Gasteiger partial charge in [0.1, 0.15) is 11.9 Å². The molecule has 6 nitrogen and oxygen atoms in total. The van der Waals surface area contributed by atoms with Gasteiger partial charge in [-0.2, -0.15) is 23.4 Å². The fraction of sp³-hybridized carbons (Fsp3) is 0.421. The van der Waals surface area contributed by atoms with Crippen LogP contribution in [0, 0.1) is 11.3 Å². The molecular weight excluding hydrogens is 369 g/mol. The summed E-state index contributed by atoms with van der Waals surface area (Å²) in [6, 6.07) is 7.12. The smallest absolute Gasteiger partial charge is 0.368 e. The molecule has 0 N–H and O–H groups in total. The summed E-state index contributed by atoms with van der Waals surface area (Å²) >= 11 is 0. The van der Waals surface area contributed by atoms with Gasteiger partial charge in [-0.25, -0.2) is 4.98 Å². The number of alkyl halides is 3. The summed E-state index contributed by atoms with van der Waals surface area (Å²) in [5.74, 6) is 1.38. The standard InChI is InChI=1S/C19H21F3N6/c1-26(2)17-6-8-24-18(25-17)27(3)15-7-9-28(12-15)16-5-4-14(19(20,21)22)10-13(16)11-23/h4-6,8,10,15H,7,9,12H2,1-3H3. The Labute approximate surface area is 161 Å². The van der Waals surface area contributed by atoms with Crippen molar-refractivity contribution in [1.82, 2.24) is 9.97 Å². The number of halogens is 3. The van der Waals surface area contributed by atoms with Crippen molar-refractivity contribution in [3.63, 3.8) is 0 Å². The fourth-order valence-corrected chi connectivity index (χ4v) is 3.28. The van der Waals surface area contributed by atoms with Gasteiger partial charge >= 0.3 is 6.18 Å². The van der Waals surface area contributed by atoms with Gasteiger partial charge in [0.15, 0.2) is 0 Å². The predicted octanol–water partition coefficient (Wildman–Crippen LogP) is 3.15. The molecule has 1 aromatic heterocycles. The third kappa shape index (κ3) is 3.96. The zero-order valence-electron chi connectivity index (χ0n) is 15.9. The van der Waals surface area contributed by atoms with Gasteiger partial charge in [-0.05, 0) is 30.7 Å². The van der Waals surface area contributed by atoms with Gasteiger partial charge in [-0.15, -0.1) is 0 Å². The van der Waals surface area contributed by atoms with Crippen molar-refractivity contribution >= 4 is 17.5 Å². The molecule has 2 aromatic rings. The van der Waals surface area contributed by atoms with Crippen LogP contribution in [0.15, 0.2) is 30.5 Å². The van der Waals surface area contributed by atoms with Crippen LogP contribution in [0.2, 0.25) is 0 Å². The van der Waals surface area contributed by atoms with E-state index >= 15 is 0 Å². The lowest BCUT2D eigenvalue weighted by Crippen LogP contribution is -2.36. The van der Waals surface area contributed by atoms with Gasteiger partial charge < -0.3 is 14.7 Å². The van der Waals surface area contributed by atoms with E-state index in [9.17, 15) is 18.4 Å². The molecule has 1 aromatic carbocycles. The zero-order valence-corrected chi connectivity index (χ0v) is 15.9. The number of nitriles is 1. The molecule has 0 aliphatic carbocycles. The van der Waals surface area contributed by atoms with E-state index in [0.717, 1.165) is 24.4 Å². The van der Waals surface area contributed by atoms with Crippen LogP contribution in [-0.2, 0) is 6.18 Å². The highest BCUT2D eigenvalue weighted by Crippen LogP contribution is 2.34. The Balaban J connectivity index is 1.79. The highest BCUT2D eigenvalue weighted by molar-refractivity contribution is 5.62. The minimum Gasteiger partial charge on any atom is -0.368 e. The summed E-state index contributed by atoms with van der Waals surface area (Å²) in [7, 11) is 5.70. The van der Waals surface area contributed by atoms with Gasteiger partial charge in [0.25, 0.3) is 0 Å². The molecule has 0 spiro atoms. The number of benzene rings is 1. The topological polar surface area (TPSA) is 59.3 Å². The van der Waals surface area contributed by atoms with Crippen LogP contribution in [0.1, 0.15) is 17.5 Å². The molecule has 1 fully saturated rings. The minimum absolute atomic E-state index is 0.0315. The summed E-state index contributed by atoms with van der Waals surface area (Å²) < 4.78 is 38.7. The Morgan fingerprint density at radius 1 is 1.21 bits per heavy atom. The third-order valence-electron chi connectivity index (χ3n) is 4.90. The molecule has 1 atom stereocenters. The lowest BCUT2D eigenvalue weighted by molar-refractivity contribution is -0.137. The molecule has 0 amide bonds. The fourth-order valence-electron chi connectivity index (χ4n) is 3.28. The van der Waals surface area contributed by atoms with Gasteiger partial charge in [0, 0.05) is 40.4 Å². The van der Waals surface area contributed by atoms with Gasteiger partial charge in [0.2, 0.25) is 5.95 Å². The SMILES string of the molecule is CN(C)c1ccnc(N(C)C2CCN(c3ccc(C(F)(F)F)cc3C#N)C2)n1. The van der Waals surface area contributed by atoms with Crippen molar-refractivity contribution in [1.29, 1.82) is 5.26 Å². The zero-order chi connectivity index (χ0) is 20.5. The van der Waals surface area contributed by atoms with Crippen molar-refractivity contribution in [3.05, 3.63) is 41.6 Å². The summed E-state index contributed by atoms with van der Waals surface area (Å²) in [5.41, 5.74) is -0.257. The first-order chi connectivity index (χ1) is 13.2. The van der Waals surface area contributed by atoms with Gasteiger partial charge in [-0.3, -0.25) is 0 Å². The second-order valence-electron chi connectivity index (χ2n) is 6.95. The van der Waals surface area contributed by atoms with E-state index in [-0.39, 0.29) is 11.6 Å². The van der Waals surface area contributed by atoms with Crippen LogP contribution in [0.4, 0.5) is 30.6 Å². The Morgan fingerprint density at radius 3 is 2.61 bits per heavy atom. The molecule has 3 rings (SSSR count). The molecule has 148 valence electrons. The molecule has 0 bridgehead atoms. The molecule has 1 saturated heterocycles. The Morgan fingerprint density at radius 2 is 1.96 bits per heavy atom. The highest BCUT2D eigenvalue weighted by atomic mass is 19.4. The number of aromatic nitrogens is 2. The van der Waals surface area contributed by atoms with Crippen molar-refractivity contribution in [3.8, 4) is 6.07 Å². The first-order valence-corrected chi connectivity index (χ1v) is 8.80. The molecule has 28 heavy (non-hydrogen) atoms. The lowest BCUT2D eigenvalue weighted by Gasteiger charge is -2.26. The monoisotopic (exact) mass is 390 g/mol. The largest absolute Gasteiger partial charge is 0.416 e. The number of rotatable bonds is 4. The number of likely N-dealkylation sites (N-methyl/N-ethyl adjacent to an activating group) is 1. The average Bonchev–Trinajstić information content (AvgIpc) is 3.16. The first kappa shape index (κ1) is 19.7. The van der Waals surface area contributed by atoms with E-state index < -0.39 is 11.7 Å². The van der Waals surface area contributed by atoms with Crippen LogP contribution >= 0.6 is 0 Å². The first-order valence-electron chi connectivity index (χ1n) is 8.80. The van der Waals surface area contributed by atoms with E-state index in [0.29, 0.717) is 24.7 Å². The van der Waals surface area contributed by atoms with E-state index in [2.05, 4.69) is 9.97 Å². The van der Waals surface area contributed by atoms with Crippen LogP contribution in [-0.4, -0.2) is 50.2 Å². The van der Waals surface area contributed by atoms with Crippen LogP contribution in [0.25, 0.3) is 0 Å². The summed E-state index contributed by atoms with van der Waals surface area (Å²) in [5, 5.41) is 9.33. The van der Waals surface area contributed by atoms with E-state index in [1.54, 1.807) is 6.20 Å². The maximum absolute atomic E-state index is 12.9. The Bertz CT molecular complexity index is 890. The quantitative estimate of drug-likeness (QED) is 0.799. The van der Waals surface area contributed by atoms with Crippen LogP contribution in [0.5, 0.6) is 0 Å². The second-order valence-corrected chi connectivity index (χ2v) is 6.95. The number of anilines is 3. The average molecular weight is 390 g/mol. The predicted molar refractivity (Wildman–Crippen MR) is 102 cm³/mol. The van der Waals surface area contributed by atoms with Crippen molar-refractivity contribution in [2.45, 2.75) is 18.6 Å². The summed E-state index contributed by atoms with van der Waals surface area (Å²) in [6.45, 7) is 1.22. The van der Waals surface area contributed by atoms with Gasteiger partial charge in [-0.1, -0.05) is 0 Å². The molecular formula is C19H21F3N6. The van der Waals surface area contributed by atoms with Gasteiger partial charge in [0.05, 0.1) is 22.9 Å². The molecule has 1 unspecified atom stereocenters. The lowest BCUT2D eigenvalue weighted by atomic mass is 10.1. The number of hydrogen-bond donors (Lipinski definition) is 0. The third-order valence-corrected chi connectivity index (χ3v) is 4.90. The Hall–Kier alpha value is -3.02. The second kappa shape index (κ2) is 7.54. The summed E-state index contributed by atoms with van der Waals surface area (Å²) in [6.07, 6.45) is -1.98. The Kier molecular flexibility index (Phi) is 5.31. The van der Waals surface area contributed by atoms with Crippen molar-refractivity contribution in [2.75, 3.05) is 48.9 Å². The molecule has 2 heterocycles. The van der Waals surface area contributed by atoms with E-state index in [1.165, 1.54) is 6.07 Å². The van der Waals surface area contributed by atoms with E-state index in [4.69, 9.17) is 0 Å². The van der Waals surface area contributed by atoms with E-state index in [1.807, 2.05) is 48.0 Å². The van der Waals surface area contributed by atoms with Crippen LogP contribution < -0.4 is 14.7 Å². The summed E-state index contributed by atoms with van der Waals surface area (Å²) in [4.78, 5) is 14.7. The normalized spacial score (nSPS) is 16.8.